The summed E-state index contributed by atoms with van der Waals surface area (Å²) < 4.78 is 24.8. The van der Waals surface area contributed by atoms with Crippen LogP contribution in [-0.2, 0) is 0 Å². The number of rotatable bonds is 0. The van der Waals surface area contributed by atoms with Gasteiger partial charge in [-0.25, -0.2) is 0 Å². The van der Waals surface area contributed by atoms with Gasteiger partial charge < -0.3 is 0 Å². The fraction of sp³-hybridized carbons (Fsp3) is 1.00. The quantitative estimate of drug-likeness (QED) is 0.485. The molecular weight excluding hydrogens is 130 g/mol. The Morgan fingerprint density at radius 3 is 2.25 bits per heavy atom. The van der Waals surface area contributed by atoms with Crippen LogP contribution in [0, 0.1) is 0 Å². The van der Waals surface area contributed by atoms with Crippen LogP contribution in [0.5, 0.6) is 0 Å². The lowest BCUT2D eigenvalue weighted by Gasteiger charge is -2.17. The molecule has 0 nitrogen and oxygen atoms in total. The van der Waals surface area contributed by atoms with Crippen molar-refractivity contribution in [3.63, 3.8) is 0 Å². The molecule has 0 aromatic heterocycles. The van der Waals surface area contributed by atoms with E-state index in [1.54, 1.807) is 6.92 Å². The van der Waals surface area contributed by atoms with E-state index in [2.05, 4.69) is 0 Å². The molecule has 0 aliphatic carbocycles. The van der Waals surface area contributed by atoms with Crippen LogP contribution < -0.4 is 0 Å². The van der Waals surface area contributed by atoms with Crippen LogP contribution in [-0.4, -0.2) is 11.0 Å². The van der Waals surface area contributed by atoms with Gasteiger partial charge in [-0.05, 0) is 12.8 Å². The second-order valence-corrected chi connectivity index (χ2v) is 4.73. The zero-order chi connectivity index (χ0) is 6.20. The van der Waals surface area contributed by atoms with Gasteiger partial charge in [-0.15, -0.1) is 0 Å². The molecule has 0 bridgehead atoms. The van der Waals surface area contributed by atoms with Crippen LogP contribution in [0.15, 0.2) is 0 Å². The standard InChI is InChI=1S/C5H10F2S/c1-5-3-2-4-8(5,6)7/h5H,2-4H2,1H3. The van der Waals surface area contributed by atoms with E-state index < -0.39 is 10.8 Å². The van der Waals surface area contributed by atoms with Crippen molar-refractivity contribution in [3.8, 4) is 0 Å². The summed E-state index contributed by atoms with van der Waals surface area (Å²) in [6.07, 6.45) is 1.48. The molecule has 1 fully saturated rings. The molecule has 50 valence electrons. The van der Waals surface area contributed by atoms with Crippen molar-refractivity contribution in [2.45, 2.75) is 25.0 Å². The normalized spacial score (nSPS) is 39.6. The molecule has 1 rings (SSSR count). The van der Waals surface area contributed by atoms with Gasteiger partial charge >= 0.3 is 0 Å². The Labute approximate surface area is 50.2 Å². The Hall–Kier alpha value is 0.210. The topological polar surface area (TPSA) is 0 Å². The monoisotopic (exact) mass is 140 g/mol. The first-order valence-corrected chi connectivity index (χ1v) is 4.48. The summed E-state index contributed by atoms with van der Waals surface area (Å²) >= 11 is 0. The zero-order valence-corrected chi connectivity index (χ0v) is 5.68. The number of hydrogen-bond acceptors (Lipinski definition) is 0. The highest BCUT2D eigenvalue weighted by molar-refractivity contribution is 8.26. The summed E-state index contributed by atoms with van der Waals surface area (Å²) in [5.74, 6) is 0.189. The van der Waals surface area contributed by atoms with Gasteiger partial charge in [-0.2, -0.15) is 7.77 Å². The van der Waals surface area contributed by atoms with E-state index in [4.69, 9.17) is 0 Å². The van der Waals surface area contributed by atoms with E-state index in [9.17, 15) is 7.77 Å². The molecule has 1 saturated heterocycles. The third-order valence-electron chi connectivity index (χ3n) is 1.62. The molecule has 0 aromatic carbocycles. The van der Waals surface area contributed by atoms with Crippen LogP contribution in [0.1, 0.15) is 19.8 Å². The molecule has 0 aromatic rings. The Balaban J connectivity index is 2.54. The highest BCUT2D eigenvalue weighted by atomic mass is 32.3. The third kappa shape index (κ3) is 0.966. The summed E-state index contributed by atoms with van der Waals surface area (Å²) in [5, 5.41) is -0.289. The highest BCUT2D eigenvalue weighted by Gasteiger charge is 2.35. The van der Waals surface area contributed by atoms with Crippen molar-refractivity contribution in [2.24, 2.45) is 0 Å². The molecule has 8 heavy (non-hydrogen) atoms. The van der Waals surface area contributed by atoms with Gasteiger partial charge in [0.25, 0.3) is 0 Å². The average Bonchev–Trinajstić information content (AvgIpc) is 1.86. The lowest BCUT2D eigenvalue weighted by atomic mass is 10.3. The van der Waals surface area contributed by atoms with Crippen molar-refractivity contribution in [1.29, 1.82) is 0 Å². The summed E-state index contributed by atoms with van der Waals surface area (Å²) in [4.78, 5) is 0. The first kappa shape index (κ1) is 6.33. The first-order chi connectivity index (χ1) is 3.63. The second-order valence-electron chi connectivity index (χ2n) is 2.28. The predicted molar refractivity (Wildman–Crippen MR) is 33.4 cm³/mol. The fourth-order valence-electron chi connectivity index (χ4n) is 0.937. The largest absolute Gasteiger partial charge is 0.158 e. The van der Waals surface area contributed by atoms with Crippen LogP contribution >= 0.6 is 10.8 Å². The zero-order valence-electron chi connectivity index (χ0n) is 4.86. The molecule has 0 saturated carbocycles. The van der Waals surface area contributed by atoms with Crippen LogP contribution in [0.3, 0.4) is 0 Å². The van der Waals surface area contributed by atoms with Gasteiger partial charge in [0, 0.05) is 11.0 Å². The second kappa shape index (κ2) is 1.87. The molecule has 3 heteroatoms. The van der Waals surface area contributed by atoms with Crippen molar-refractivity contribution in [3.05, 3.63) is 0 Å². The summed E-state index contributed by atoms with van der Waals surface area (Å²) in [5.41, 5.74) is 0. The van der Waals surface area contributed by atoms with Crippen LogP contribution in [0.2, 0.25) is 0 Å². The molecule has 1 unspecified atom stereocenters. The van der Waals surface area contributed by atoms with E-state index in [-0.39, 0.29) is 11.0 Å². The molecule has 1 aliphatic heterocycles. The Morgan fingerprint density at radius 1 is 1.50 bits per heavy atom. The highest BCUT2D eigenvalue weighted by Crippen LogP contribution is 2.61. The minimum atomic E-state index is -3.12. The molecule has 1 aliphatic rings. The van der Waals surface area contributed by atoms with Gasteiger partial charge in [-0.3, -0.25) is 0 Å². The lowest BCUT2D eigenvalue weighted by Crippen LogP contribution is -1.97. The van der Waals surface area contributed by atoms with Gasteiger partial charge in [-0.1, -0.05) is 6.92 Å². The third-order valence-corrected chi connectivity index (χ3v) is 3.86. The van der Waals surface area contributed by atoms with Crippen LogP contribution in [0.4, 0.5) is 7.77 Å². The van der Waals surface area contributed by atoms with Gasteiger partial charge in [0.1, 0.15) is 0 Å². The van der Waals surface area contributed by atoms with Gasteiger partial charge in [0.05, 0.1) is 10.8 Å². The Morgan fingerprint density at radius 2 is 2.12 bits per heavy atom. The van der Waals surface area contributed by atoms with E-state index in [1.165, 1.54) is 0 Å². The van der Waals surface area contributed by atoms with Crippen molar-refractivity contribution in [1.82, 2.24) is 0 Å². The lowest BCUT2D eigenvalue weighted by molar-refractivity contribution is 0.724. The number of halogens is 2. The first-order valence-electron chi connectivity index (χ1n) is 2.82. The molecule has 0 spiro atoms. The maximum atomic E-state index is 12.4. The van der Waals surface area contributed by atoms with E-state index >= 15 is 0 Å². The molecule has 0 amide bonds. The maximum absolute atomic E-state index is 12.4. The summed E-state index contributed by atoms with van der Waals surface area (Å²) in [7, 11) is -3.12. The predicted octanol–water partition coefficient (Wildman–Crippen LogP) is 2.74. The van der Waals surface area contributed by atoms with E-state index in [1.807, 2.05) is 0 Å². The van der Waals surface area contributed by atoms with Crippen molar-refractivity contribution >= 4 is 10.8 Å². The summed E-state index contributed by atoms with van der Waals surface area (Å²) in [6, 6.07) is 0. The molecule has 1 atom stereocenters. The van der Waals surface area contributed by atoms with Crippen molar-refractivity contribution in [2.75, 3.05) is 5.75 Å². The average molecular weight is 140 g/mol. The minimum absolute atomic E-state index is 0.189. The maximum Gasteiger partial charge on any atom is 0.0599 e. The number of hydrogen-bond donors (Lipinski definition) is 0. The van der Waals surface area contributed by atoms with Gasteiger partial charge in [0.2, 0.25) is 0 Å². The van der Waals surface area contributed by atoms with Crippen LogP contribution in [0.25, 0.3) is 0 Å². The van der Waals surface area contributed by atoms with E-state index in [0.29, 0.717) is 0 Å². The SMILES string of the molecule is CC1CCCS1(F)F. The Kier molecular flexibility index (Phi) is 1.48. The Bertz CT molecular complexity index is 92.4. The van der Waals surface area contributed by atoms with E-state index in [0.717, 1.165) is 12.8 Å². The van der Waals surface area contributed by atoms with Crippen molar-refractivity contribution < 1.29 is 7.77 Å². The molecule has 0 radical (unpaired) electrons. The summed E-state index contributed by atoms with van der Waals surface area (Å²) in [6.45, 7) is 1.66. The fourth-order valence-corrected chi connectivity index (χ4v) is 2.40. The molecular formula is C5H10F2S. The smallest absolute Gasteiger partial charge is 0.0599 e. The molecule has 0 N–H and O–H groups in total. The minimum Gasteiger partial charge on any atom is -0.158 e. The molecule has 1 heterocycles. The van der Waals surface area contributed by atoms with Gasteiger partial charge in [0.15, 0.2) is 0 Å².